The van der Waals surface area contributed by atoms with Crippen molar-refractivity contribution in [3.63, 3.8) is 0 Å². The summed E-state index contributed by atoms with van der Waals surface area (Å²) < 4.78 is 0. The van der Waals surface area contributed by atoms with Crippen molar-refractivity contribution in [3.05, 3.63) is 34.9 Å². The fourth-order valence-corrected chi connectivity index (χ4v) is 3.17. The predicted molar refractivity (Wildman–Crippen MR) is 82.5 cm³/mol. The molecule has 1 amide bonds. The van der Waals surface area contributed by atoms with E-state index in [-0.39, 0.29) is 11.9 Å². The van der Waals surface area contributed by atoms with E-state index in [9.17, 15) is 4.79 Å². The molecule has 0 radical (unpaired) electrons. The summed E-state index contributed by atoms with van der Waals surface area (Å²) >= 11 is 6.19. The summed E-state index contributed by atoms with van der Waals surface area (Å²) in [6.45, 7) is 5.23. The fraction of sp³-hybridized carbons (Fsp3) is 0.562. The second-order valence-corrected chi connectivity index (χ2v) is 6.23. The highest BCUT2D eigenvalue weighted by atomic mass is 35.5. The van der Waals surface area contributed by atoms with Gasteiger partial charge in [0.25, 0.3) is 0 Å². The summed E-state index contributed by atoms with van der Waals surface area (Å²) in [5.41, 5.74) is 6.72. The van der Waals surface area contributed by atoms with Gasteiger partial charge in [-0.25, -0.2) is 0 Å². The Bertz CT molecular complexity index is 491. The Morgan fingerprint density at radius 2 is 2.20 bits per heavy atom. The molecule has 2 N–H and O–H groups in total. The van der Waals surface area contributed by atoms with E-state index < -0.39 is 5.41 Å². The first-order chi connectivity index (χ1) is 9.49. The minimum atomic E-state index is -0.419. The topological polar surface area (TPSA) is 46.3 Å². The first-order valence-electron chi connectivity index (χ1n) is 7.27. The molecule has 1 aliphatic carbocycles. The van der Waals surface area contributed by atoms with Gasteiger partial charge in [0.2, 0.25) is 5.91 Å². The Hall–Kier alpha value is -1.06. The summed E-state index contributed by atoms with van der Waals surface area (Å²) in [5, 5.41) is 0.708. The second-order valence-electron chi connectivity index (χ2n) is 5.83. The largest absolute Gasteiger partial charge is 0.338 e. The normalized spacial score (nSPS) is 25.7. The quantitative estimate of drug-likeness (QED) is 0.927. The van der Waals surface area contributed by atoms with Crippen LogP contribution in [-0.4, -0.2) is 23.4 Å². The second kappa shape index (κ2) is 6.15. The zero-order valence-corrected chi connectivity index (χ0v) is 13.0. The Morgan fingerprint density at radius 1 is 1.50 bits per heavy atom. The van der Waals surface area contributed by atoms with E-state index in [0.29, 0.717) is 18.1 Å². The molecule has 0 spiro atoms. The number of carbonyl (C=O) groups is 1. The summed E-state index contributed by atoms with van der Waals surface area (Å²) in [6, 6.07) is 7.64. The maximum Gasteiger partial charge on any atom is 0.230 e. The van der Waals surface area contributed by atoms with Gasteiger partial charge in [0.1, 0.15) is 0 Å². The summed E-state index contributed by atoms with van der Waals surface area (Å²) in [7, 11) is 0. The van der Waals surface area contributed by atoms with Crippen molar-refractivity contribution < 1.29 is 4.79 Å². The molecule has 0 bridgehead atoms. The van der Waals surface area contributed by atoms with Crippen LogP contribution < -0.4 is 5.73 Å². The molecule has 1 aliphatic rings. The molecule has 2 atom stereocenters. The summed E-state index contributed by atoms with van der Waals surface area (Å²) in [4.78, 5) is 14.7. The lowest BCUT2D eigenvalue weighted by Gasteiger charge is -2.34. The van der Waals surface area contributed by atoms with Gasteiger partial charge in [-0.3, -0.25) is 4.79 Å². The smallest absolute Gasteiger partial charge is 0.230 e. The van der Waals surface area contributed by atoms with Crippen molar-refractivity contribution >= 4 is 17.5 Å². The van der Waals surface area contributed by atoms with Crippen molar-refractivity contribution in [2.75, 3.05) is 6.54 Å². The van der Waals surface area contributed by atoms with Gasteiger partial charge < -0.3 is 10.6 Å². The maximum atomic E-state index is 12.8. The minimum Gasteiger partial charge on any atom is -0.338 e. The van der Waals surface area contributed by atoms with Crippen molar-refractivity contribution in [2.45, 2.75) is 45.7 Å². The highest BCUT2D eigenvalue weighted by molar-refractivity contribution is 6.31. The van der Waals surface area contributed by atoms with Crippen molar-refractivity contribution in [1.82, 2.24) is 4.90 Å². The molecule has 4 heteroatoms. The molecular weight excluding hydrogens is 272 g/mol. The first kappa shape index (κ1) is 15.3. The molecule has 0 saturated heterocycles. The average molecular weight is 295 g/mol. The highest BCUT2D eigenvalue weighted by Gasteiger charge is 2.44. The van der Waals surface area contributed by atoms with Gasteiger partial charge in [-0.05, 0) is 38.3 Å². The number of nitrogens with zero attached hydrogens (tertiary/aromatic N) is 1. The number of halogens is 1. The minimum absolute atomic E-state index is 0.0321. The third-order valence-corrected chi connectivity index (χ3v) is 4.87. The number of hydrogen-bond acceptors (Lipinski definition) is 2. The highest BCUT2D eigenvalue weighted by Crippen LogP contribution is 2.38. The third kappa shape index (κ3) is 2.84. The maximum absolute atomic E-state index is 12.8. The van der Waals surface area contributed by atoms with Crippen molar-refractivity contribution in [1.29, 1.82) is 0 Å². The van der Waals surface area contributed by atoms with Crippen LogP contribution in [-0.2, 0) is 11.3 Å². The number of benzene rings is 1. The monoisotopic (exact) mass is 294 g/mol. The number of nitrogens with two attached hydrogens (primary N) is 1. The van der Waals surface area contributed by atoms with Gasteiger partial charge in [-0.15, -0.1) is 0 Å². The van der Waals surface area contributed by atoms with Crippen LogP contribution in [0.2, 0.25) is 5.02 Å². The van der Waals surface area contributed by atoms with Gasteiger partial charge in [0.15, 0.2) is 0 Å². The molecule has 1 saturated carbocycles. The van der Waals surface area contributed by atoms with Gasteiger partial charge in [-0.2, -0.15) is 0 Å². The Balaban J connectivity index is 2.16. The lowest BCUT2D eigenvalue weighted by atomic mass is 9.83. The molecule has 110 valence electrons. The SMILES string of the molecule is CCN(Cc1ccccc1Cl)C(=O)C1(C)CCCC1N. The molecule has 0 heterocycles. The van der Waals surface area contributed by atoms with Crippen LogP contribution in [0.25, 0.3) is 0 Å². The van der Waals surface area contributed by atoms with Gasteiger partial charge in [0.05, 0.1) is 5.41 Å². The van der Waals surface area contributed by atoms with Gasteiger partial charge in [0, 0.05) is 24.2 Å². The standard InChI is InChI=1S/C16H23ClN2O/c1-3-19(11-12-7-4-5-8-13(12)17)15(20)16(2)10-6-9-14(16)18/h4-5,7-8,14H,3,6,9-11,18H2,1-2H3. The van der Waals surface area contributed by atoms with Crippen molar-refractivity contribution in [3.8, 4) is 0 Å². The molecule has 2 unspecified atom stereocenters. The molecule has 1 fully saturated rings. The predicted octanol–water partition coefficient (Wildman–Crippen LogP) is 3.21. The van der Waals surface area contributed by atoms with E-state index in [1.165, 1.54) is 0 Å². The van der Waals surface area contributed by atoms with E-state index in [2.05, 4.69) is 0 Å². The van der Waals surface area contributed by atoms with Crippen LogP contribution in [0.15, 0.2) is 24.3 Å². The molecule has 3 nitrogen and oxygen atoms in total. The molecule has 0 aromatic heterocycles. The Kier molecular flexibility index (Phi) is 4.71. The molecule has 0 aliphatic heterocycles. The van der Waals surface area contributed by atoms with E-state index >= 15 is 0 Å². The number of carbonyl (C=O) groups excluding carboxylic acids is 1. The van der Waals surface area contributed by atoms with Crippen LogP contribution in [0.5, 0.6) is 0 Å². The van der Waals surface area contributed by atoms with Crippen LogP contribution in [0.3, 0.4) is 0 Å². The van der Waals surface area contributed by atoms with Crippen LogP contribution in [0.4, 0.5) is 0 Å². The lowest BCUT2D eigenvalue weighted by Crippen LogP contribution is -2.49. The van der Waals surface area contributed by atoms with Gasteiger partial charge >= 0.3 is 0 Å². The van der Waals surface area contributed by atoms with E-state index in [4.69, 9.17) is 17.3 Å². The Morgan fingerprint density at radius 3 is 2.75 bits per heavy atom. The van der Waals surface area contributed by atoms with Gasteiger partial charge in [-0.1, -0.05) is 36.2 Å². The molecule has 1 aromatic rings. The molecule has 20 heavy (non-hydrogen) atoms. The number of rotatable bonds is 4. The first-order valence-corrected chi connectivity index (χ1v) is 7.65. The number of amides is 1. The summed E-state index contributed by atoms with van der Waals surface area (Å²) in [6.07, 6.45) is 2.85. The van der Waals surface area contributed by atoms with Crippen molar-refractivity contribution in [2.24, 2.45) is 11.1 Å². The fourth-order valence-electron chi connectivity index (χ4n) is 2.98. The van der Waals surface area contributed by atoms with E-state index in [1.807, 2.05) is 43.0 Å². The van der Waals surface area contributed by atoms with Crippen LogP contribution >= 0.6 is 11.6 Å². The van der Waals surface area contributed by atoms with E-state index in [1.54, 1.807) is 0 Å². The number of hydrogen-bond donors (Lipinski definition) is 1. The lowest BCUT2D eigenvalue weighted by molar-refractivity contribution is -0.142. The van der Waals surface area contributed by atoms with Crippen LogP contribution in [0, 0.1) is 5.41 Å². The molecule has 2 rings (SSSR count). The van der Waals surface area contributed by atoms with Crippen LogP contribution in [0.1, 0.15) is 38.7 Å². The molecule has 1 aromatic carbocycles. The van der Waals surface area contributed by atoms with E-state index in [0.717, 1.165) is 24.8 Å². The third-order valence-electron chi connectivity index (χ3n) is 4.51. The molecular formula is C16H23ClN2O. The average Bonchev–Trinajstić information content (AvgIpc) is 2.78. The zero-order chi connectivity index (χ0) is 14.8. The zero-order valence-electron chi connectivity index (χ0n) is 12.2. The Labute approximate surface area is 126 Å². The summed E-state index contributed by atoms with van der Waals surface area (Å²) in [5.74, 6) is 0.157.